The highest BCUT2D eigenvalue weighted by molar-refractivity contribution is 5.87. The van der Waals surface area contributed by atoms with Gasteiger partial charge in [-0.2, -0.15) is 0 Å². The predicted octanol–water partition coefficient (Wildman–Crippen LogP) is 0.923. The van der Waals surface area contributed by atoms with Gasteiger partial charge in [-0.3, -0.25) is 9.59 Å². The van der Waals surface area contributed by atoms with Gasteiger partial charge >= 0.3 is 0 Å². The van der Waals surface area contributed by atoms with E-state index in [4.69, 9.17) is 0 Å². The van der Waals surface area contributed by atoms with E-state index in [0.29, 0.717) is 19.0 Å². The van der Waals surface area contributed by atoms with Crippen LogP contribution in [0, 0.1) is 0 Å². The number of hydrogen-bond acceptors (Lipinski definition) is 3. The highest BCUT2D eigenvalue weighted by Gasteiger charge is 2.27. The van der Waals surface area contributed by atoms with Crippen molar-refractivity contribution in [3.8, 4) is 0 Å². The molecule has 0 aromatic rings. The van der Waals surface area contributed by atoms with E-state index >= 15 is 0 Å². The summed E-state index contributed by atoms with van der Waals surface area (Å²) < 4.78 is 0. The molecular weight excluding hydrogens is 266 g/mol. The molecule has 2 unspecified atom stereocenters. The lowest BCUT2D eigenvalue weighted by Crippen LogP contribution is -2.51. The minimum absolute atomic E-state index is 0. The Hall–Kier alpha value is -0.810. The Labute approximate surface area is 121 Å². The molecule has 2 atom stereocenters. The minimum atomic E-state index is -0.421. The highest BCUT2D eigenvalue weighted by Crippen LogP contribution is 2.17. The molecule has 0 radical (unpaired) electrons. The molecule has 2 amide bonds. The monoisotopic (exact) mass is 291 g/mol. The Morgan fingerprint density at radius 3 is 2.63 bits per heavy atom. The molecular formula is C13H26ClN3O2. The van der Waals surface area contributed by atoms with E-state index in [0.717, 1.165) is 19.4 Å². The maximum absolute atomic E-state index is 12.2. The van der Waals surface area contributed by atoms with Crippen molar-refractivity contribution >= 4 is 24.2 Å². The lowest BCUT2D eigenvalue weighted by Gasteiger charge is -2.35. The number of hydrogen-bond donors (Lipinski definition) is 2. The molecule has 6 heteroatoms. The maximum Gasteiger partial charge on any atom is 0.245 e. The molecule has 1 aliphatic heterocycles. The van der Waals surface area contributed by atoms with Gasteiger partial charge in [0.25, 0.3) is 0 Å². The third-order valence-corrected chi connectivity index (χ3v) is 3.44. The van der Waals surface area contributed by atoms with Gasteiger partial charge in [0.1, 0.15) is 6.04 Å². The van der Waals surface area contributed by atoms with Gasteiger partial charge in [0.15, 0.2) is 0 Å². The van der Waals surface area contributed by atoms with E-state index in [2.05, 4.69) is 17.6 Å². The van der Waals surface area contributed by atoms with Crippen molar-refractivity contribution in [2.24, 2.45) is 0 Å². The fourth-order valence-electron chi connectivity index (χ4n) is 2.29. The van der Waals surface area contributed by atoms with Crippen LogP contribution in [0.5, 0.6) is 0 Å². The first-order valence-electron chi connectivity index (χ1n) is 6.80. The van der Waals surface area contributed by atoms with Gasteiger partial charge in [-0.1, -0.05) is 0 Å². The SMILES string of the molecule is CNCCC(=O)NC(C)C(=O)N1CCCCC1C.Cl. The fourth-order valence-corrected chi connectivity index (χ4v) is 2.29. The van der Waals surface area contributed by atoms with E-state index < -0.39 is 6.04 Å². The number of amides is 2. The van der Waals surface area contributed by atoms with Gasteiger partial charge in [-0.25, -0.2) is 0 Å². The van der Waals surface area contributed by atoms with E-state index in [9.17, 15) is 9.59 Å². The molecule has 0 bridgehead atoms. The van der Waals surface area contributed by atoms with Crippen molar-refractivity contribution in [2.75, 3.05) is 20.1 Å². The quantitative estimate of drug-likeness (QED) is 0.792. The summed E-state index contributed by atoms with van der Waals surface area (Å²) in [6.45, 7) is 5.29. The van der Waals surface area contributed by atoms with Gasteiger partial charge in [0.05, 0.1) is 0 Å². The number of piperidine rings is 1. The van der Waals surface area contributed by atoms with Gasteiger partial charge in [0.2, 0.25) is 11.8 Å². The van der Waals surface area contributed by atoms with Crippen molar-refractivity contribution in [3.63, 3.8) is 0 Å². The summed E-state index contributed by atoms with van der Waals surface area (Å²) in [6.07, 6.45) is 3.72. The molecule has 5 nitrogen and oxygen atoms in total. The van der Waals surface area contributed by atoms with Crippen LogP contribution < -0.4 is 10.6 Å². The summed E-state index contributed by atoms with van der Waals surface area (Å²) in [7, 11) is 1.80. The maximum atomic E-state index is 12.2. The smallest absolute Gasteiger partial charge is 0.245 e. The van der Waals surface area contributed by atoms with Gasteiger partial charge in [0, 0.05) is 25.6 Å². The molecule has 1 aliphatic rings. The summed E-state index contributed by atoms with van der Waals surface area (Å²) >= 11 is 0. The second kappa shape index (κ2) is 9.15. The van der Waals surface area contributed by atoms with Gasteiger partial charge < -0.3 is 15.5 Å². The normalized spacial score (nSPS) is 20.4. The van der Waals surface area contributed by atoms with E-state index in [1.807, 2.05) is 4.90 Å². The summed E-state index contributed by atoms with van der Waals surface area (Å²) in [6, 6.07) is -0.127. The molecule has 2 N–H and O–H groups in total. The summed E-state index contributed by atoms with van der Waals surface area (Å²) in [5.41, 5.74) is 0. The molecule has 0 saturated carbocycles. The number of likely N-dealkylation sites (tertiary alicyclic amines) is 1. The average Bonchev–Trinajstić information content (AvgIpc) is 2.36. The summed E-state index contributed by atoms with van der Waals surface area (Å²) in [5.74, 6) is -0.0325. The van der Waals surface area contributed by atoms with Crippen molar-refractivity contribution in [1.82, 2.24) is 15.5 Å². The first-order chi connectivity index (χ1) is 8.56. The van der Waals surface area contributed by atoms with Crippen LogP contribution in [0.4, 0.5) is 0 Å². The second-order valence-corrected chi connectivity index (χ2v) is 5.02. The summed E-state index contributed by atoms with van der Waals surface area (Å²) in [5, 5.41) is 5.68. The van der Waals surface area contributed by atoms with E-state index in [-0.39, 0.29) is 24.2 Å². The zero-order chi connectivity index (χ0) is 13.5. The number of rotatable bonds is 5. The molecule has 1 heterocycles. The topological polar surface area (TPSA) is 61.4 Å². The second-order valence-electron chi connectivity index (χ2n) is 5.02. The van der Waals surface area contributed by atoms with Crippen LogP contribution >= 0.6 is 12.4 Å². The van der Waals surface area contributed by atoms with Crippen molar-refractivity contribution in [1.29, 1.82) is 0 Å². The third-order valence-electron chi connectivity index (χ3n) is 3.44. The first-order valence-corrected chi connectivity index (χ1v) is 6.80. The Bertz CT molecular complexity index is 300. The zero-order valence-corrected chi connectivity index (χ0v) is 12.9. The molecule has 1 fully saturated rings. The minimum Gasteiger partial charge on any atom is -0.345 e. The number of carbonyl (C=O) groups excluding carboxylic acids is 2. The Kier molecular flexibility index (Phi) is 8.76. The lowest BCUT2D eigenvalue weighted by molar-refractivity contribution is -0.138. The molecule has 0 aromatic heterocycles. The van der Waals surface area contributed by atoms with Crippen LogP contribution in [0.2, 0.25) is 0 Å². The molecule has 0 spiro atoms. The fraction of sp³-hybridized carbons (Fsp3) is 0.846. The number of carbonyl (C=O) groups is 2. The number of nitrogens with one attached hydrogen (secondary N) is 2. The van der Waals surface area contributed by atoms with Crippen LogP contribution in [0.25, 0.3) is 0 Å². The van der Waals surface area contributed by atoms with Crippen molar-refractivity contribution < 1.29 is 9.59 Å². The van der Waals surface area contributed by atoms with Crippen LogP contribution in [0.1, 0.15) is 39.5 Å². The highest BCUT2D eigenvalue weighted by atomic mass is 35.5. The van der Waals surface area contributed by atoms with Crippen LogP contribution in [0.15, 0.2) is 0 Å². The third kappa shape index (κ3) is 5.78. The predicted molar refractivity (Wildman–Crippen MR) is 78.4 cm³/mol. The molecule has 1 saturated heterocycles. The van der Waals surface area contributed by atoms with Crippen molar-refractivity contribution in [3.05, 3.63) is 0 Å². The molecule has 0 aliphatic carbocycles. The molecule has 1 rings (SSSR count). The van der Waals surface area contributed by atoms with Crippen molar-refractivity contribution in [2.45, 2.75) is 51.6 Å². The van der Waals surface area contributed by atoms with Crippen LogP contribution in [-0.4, -0.2) is 48.9 Å². The molecule has 0 aromatic carbocycles. The zero-order valence-electron chi connectivity index (χ0n) is 12.1. The van der Waals surface area contributed by atoms with E-state index in [1.165, 1.54) is 6.42 Å². The standard InChI is InChI=1S/C13H25N3O2.ClH/c1-10-6-4-5-9-16(10)13(18)11(2)15-12(17)7-8-14-3;/h10-11,14H,4-9H2,1-3H3,(H,15,17);1H. The van der Waals surface area contributed by atoms with Gasteiger partial charge in [-0.05, 0) is 40.2 Å². The molecule has 112 valence electrons. The Balaban J connectivity index is 0.00000324. The average molecular weight is 292 g/mol. The van der Waals surface area contributed by atoms with Crippen LogP contribution in [0.3, 0.4) is 0 Å². The number of halogens is 1. The Morgan fingerprint density at radius 2 is 2.05 bits per heavy atom. The first kappa shape index (κ1) is 18.2. The number of nitrogens with zero attached hydrogens (tertiary/aromatic N) is 1. The summed E-state index contributed by atoms with van der Waals surface area (Å²) in [4.78, 5) is 25.7. The van der Waals surface area contributed by atoms with Crippen LogP contribution in [-0.2, 0) is 9.59 Å². The molecule has 19 heavy (non-hydrogen) atoms. The van der Waals surface area contributed by atoms with Gasteiger partial charge in [-0.15, -0.1) is 12.4 Å². The van der Waals surface area contributed by atoms with E-state index in [1.54, 1.807) is 14.0 Å². The largest absolute Gasteiger partial charge is 0.345 e. The lowest BCUT2D eigenvalue weighted by atomic mass is 10.0. The Morgan fingerprint density at radius 1 is 1.37 bits per heavy atom.